The van der Waals surface area contributed by atoms with Gasteiger partial charge in [-0.05, 0) is 24.3 Å². The van der Waals surface area contributed by atoms with Crippen LogP contribution in [0.4, 0.5) is 13.2 Å². The van der Waals surface area contributed by atoms with Gasteiger partial charge < -0.3 is 0 Å². The first-order valence-electron chi connectivity index (χ1n) is 7.25. The molecule has 0 radical (unpaired) electrons. The summed E-state index contributed by atoms with van der Waals surface area (Å²) >= 11 is 6.26. The largest absolute Gasteiger partial charge is 0.423 e. The van der Waals surface area contributed by atoms with Crippen molar-refractivity contribution in [2.75, 3.05) is 0 Å². The quantitative estimate of drug-likeness (QED) is 0.765. The van der Waals surface area contributed by atoms with Crippen molar-refractivity contribution in [1.82, 2.24) is 5.43 Å². The fraction of sp³-hybridized carbons (Fsp3) is 0.176. The second kappa shape index (κ2) is 6.72. The van der Waals surface area contributed by atoms with Crippen LogP contribution in [0.1, 0.15) is 22.3 Å². The molecule has 3 rings (SSSR count). The maximum absolute atomic E-state index is 13.7. The molecule has 0 bridgehead atoms. The minimum atomic E-state index is -4.67. The van der Waals surface area contributed by atoms with E-state index in [0.717, 1.165) is 0 Å². The third kappa shape index (κ3) is 3.67. The molecular formula is C17H12ClF3N2OS. The van der Waals surface area contributed by atoms with Crippen LogP contribution in [0.15, 0.2) is 59.7 Å². The molecule has 1 N–H and O–H groups in total. The van der Waals surface area contributed by atoms with Crippen LogP contribution < -0.4 is 5.43 Å². The Balaban J connectivity index is 1.84. The molecule has 2 aromatic carbocycles. The topological polar surface area (TPSA) is 41.5 Å². The van der Waals surface area contributed by atoms with Crippen molar-refractivity contribution in [3.8, 4) is 0 Å². The van der Waals surface area contributed by atoms with Gasteiger partial charge in [0.1, 0.15) is 5.04 Å². The van der Waals surface area contributed by atoms with Gasteiger partial charge in [-0.1, -0.05) is 53.7 Å². The van der Waals surface area contributed by atoms with E-state index in [1.54, 1.807) is 30.3 Å². The smallest absolute Gasteiger partial charge is 0.294 e. The van der Waals surface area contributed by atoms with Gasteiger partial charge in [0.15, 0.2) is 5.78 Å². The molecule has 0 saturated carbocycles. The number of alkyl halides is 3. The number of hydrogen-bond donors (Lipinski definition) is 1. The monoisotopic (exact) mass is 384 g/mol. The van der Waals surface area contributed by atoms with Crippen LogP contribution in [0.25, 0.3) is 0 Å². The fourth-order valence-electron chi connectivity index (χ4n) is 2.32. The van der Waals surface area contributed by atoms with Crippen LogP contribution in [0.2, 0.25) is 5.02 Å². The Bertz CT molecular complexity index is 809. The Morgan fingerprint density at radius 1 is 1.12 bits per heavy atom. The standard InChI is InChI=1S/C17H12ClF3N2OS/c18-13-8-6-11(7-9-13)14(24)10-16(17(19,20)21)23-22-15(25-16)12-4-2-1-3-5-12/h1-9,23H,10H2/t16-/m0/s1. The number of carbonyl (C=O) groups is 1. The van der Waals surface area contributed by atoms with E-state index in [2.05, 4.69) is 10.5 Å². The van der Waals surface area contributed by atoms with Crippen molar-refractivity contribution in [1.29, 1.82) is 0 Å². The molecule has 0 fully saturated rings. The highest BCUT2D eigenvalue weighted by atomic mass is 35.5. The first-order chi connectivity index (χ1) is 11.8. The lowest BCUT2D eigenvalue weighted by atomic mass is 10.0. The van der Waals surface area contributed by atoms with E-state index in [4.69, 9.17) is 11.6 Å². The molecule has 0 aliphatic carbocycles. The fourth-order valence-corrected chi connectivity index (χ4v) is 3.53. The summed E-state index contributed by atoms with van der Waals surface area (Å²) in [6, 6.07) is 14.3. The molecule has 3 nitrogen and oxygen atoms in total. The average Bonchev–Trinajstić information content (AvgIpc) is 3.01. The summed E-state index contributed by atoms with van der Waals surface area (Å²) in [6.07, 6.45) is -5.44. The molecule has 130 valence electrons. The number of carbonyl (C=O) groups excluding carboxylic acids is 1. The molecule has 1 aliphatic heterocycles. The molecular weight excluding hydrogens is 373 g/mol. The summed E-state index contributed by atoms with van der Waals surface area (Å²) in [7, 11) is 0. The first-order valence-corrected chi connectivity index (χ1v) is 8.45. The Labute approximate surface area is 151 Å². The summed E-state index contributed by atoms with van der Waals surface area (Å²) < 4.78 is 41.1. The highest BCUT2D eigenvalue weighted by molar-refractivity contribution is 8.15. The lowest BCUT2D eigenvalue weighted by Gasteiger charge is -2.29. The summed E-state index contributed by atoms with van der Waals surface area (Å²) in [4.78, 5) is 9.87. The zero-order chi connectivity index (χ0) is 18.1. The van der Waals surface area contributed by atoms with Crippen LogP contribution in [-0.2, 0) is 0 Å². The van der Waals surface area contributed by atoms with E-state index in [9.17, 15) is 18.0 Å². The van der Waals surface area contributed by atoms with Gasteiger partial charge >= 0.3 is 6.18 Å². The summed E-state index contributed by atoms with van der Waals surface area (Å²) in [5, 5.41) is 4.43. The van der Waals surface area contributed by atoms with Crippen molar-refractivity contribution < 1.29 is 18.0 Å². The number of rotatable bonds is 4. The van der Waals surface area contributed by atoms with Gasteiger partial charge in [0, 0.05) is 16.1 Å². The summed E-state index contributed by atoms with van der Waals surface area (Å²) in [5.41, 5.74) is 2.88. The maximum atomic E-state index is 13.7. The van der Waals surface area contributed by atoms with E-state index in [1.165, 1.54) is 24.3 Å². The third-order valence-corrected chi connectivity index (χ3v) is 5.25. The van der Waals surface area contributed by atoms with Gasteiger partial charge in [-0.2, -0.15) is 18.3 Å². The second-order valence-electron chi connectivity index (χ2n) is 5.43. The molecule has 0 saturated heterocycles. The van der Waals surface area contributed by atoms with Crippen LogP contribution in [0.5, 0.6) is 0 Å². The number of Topliss-reactive ketones (excluding diaryl/α,β-unsaturated/α-hetero) is 1. The SMILES string of the molecule is O=C(C[C@]1(C(F)(F)F)NN=C(c2ccccc2)S1)c1ccc(Cl)cc1. The number of ketones is 1. The molecule has 8 heteroatoms. The van der Waals surface area contributed by atoms with Crippen molar-refractivity contribution in [3.05, 3.63) is 70.7 Å². The molecule has 25 heavy (non-hydrogen) atoms. The highest BCUT2D eigenvalue weighted by Gasteiger charge is 2.60. The number of halogens is 4. The molecule has 1 aliphatic rings. The van der Waals surface area contributed by atoms with Crippen molar-refractivity contribution >= 4 is 34.2 Å². The van der Waals surface area contributed by atoms with Gasteiger partial charge in [-0.3, -0.25) is 10.2 Å². The Hall–Kier alpha value is -1.99. The number of hydrazone groups is 1. The van der Waals surface area contributed by atoms with Crippen LogP contribution in [-0.4, -0.2) is 21.9 Å². The van der Waals surface area contributed by atoms with Crippen molar-refractivity contribution in [3.63, 3.8) is 0 Å². The third-order valence-electron chi connectivity index (χ3n) is 3.66. The van der Waals surface area contributed by atoms with E-state index < -0.39 is 23.3 Å². The number of nitrogens with zero attached hydrogens (tertiary/aromatic N) is 1. The number of nitrogens with one attached hydrogen (secondary N) is 1. The number of benzene rings is 2. The highest BCUT2D eigenvalue weighted by Crippen LogP contribution is 2.47. The number of hydrogen-bond acceptors (Lipinski definition) is 4. The molecule has 2 aromatic rings. The molecule has 0 spiro atoms. The normalized spacial score (nSPS) is 20.1. The van der Waals surface area contributed by atoms with Crippen LogP contribution in [0, 0.1) is 0 Å². The summed E-state index contributed by atoms with van der Waals surface area (Å²) in [6.45, 7) is 0. The number of thioether (sulfide) groups is 1. The van der Waals surface area contributed by atoms with Gasteiger partial charge in [-0.15, -0.1) is 0 Å². The van der Waals surface area contributed by atoms with Crippen molar-refractivity contribution in [2.45, 2.75) is 17.5 Å². The Morgan fingerprint density at radius 3 is 2.36 bits per heavy atom. The van der Waals surface area contributed by atoms with Crippen molar-refractivity contribution in [2.24, 2.45) is 5.10 Å². The molecule has 0 unspecified atom stereocenters. The predicted octanol–water partition coefficient (Wildman–Crippen LogP) is 4.87. The van der Waals surface area contributed by atoms with E-state index in [-0.39, 0.29) is 10.6 Å². The predicted molar refractivity (Wildman–Crippen MR) is 92.9 cm³/mol. The minimum absolute atomic E-state index is 0.170. The van der Waals surface area contributed by atoms with Gasteiger partial charge in [-0.25, -0.2) is 0 Å². The second-order valence-corrected chi connectivity index (χ2v) is 7.15. The summed E-state index contributed by atoms with van der Waals surface area (Å²) in [5.74, 6) is -0.640. The van der Waals surface area contributed by atoms with E-state index >= 15 is 0 Å². The zero-order valence-electron chi connectivity index (χ0n) is 12.7. The van der Waals surface area contributed by atoms with Gasteiger partial charge in [0.05, 0.1) is 6.42 Å². The zero-order valence-corrected chi connectivity index (χ0v) is 14.3. The van der Waals surface area contributed by atoms with E-state index in [0.29, 0.717) is 22.3 Å². The maximum Gasteiger partial charge on any atom is 0.423 e. The van der Waals surface area contributed by atoms with Gasteiger partial charge in [0.25, 0.3) is 0 Å². The first kappa shape index (κ1) is 17.8. The minimum Gasteiger partial charge on any atom is -0.294 e. The van der Waals surface area contributed by atoms with Crippen LogP contribution in [0.3, 0.4) is 0 Å². The molecule has 0 aromatic heterocycles. The lowest BCUT2D eigenvalue weighted by Crippen LogP contribution is -2.51. The lowest BCUT2D eigenvalue weighted by molar-refractivity contribution is -0.165. The van der Waals surface area contributed by atoms with E-state index in [1.807, 2.05) is 0 Å². The van der Waals surface area contributed by atoms with Gasteiger partial charge in [0.2, 0.25) is 4.87 Å². The molecule has 1 heterocycles. The average molecular weight is 385 g/mol. The van der Waals surface area contributed by atoms with Crippen LogP contribution >= 0.6 is 23.4 Å². The Kier molecular flexibility index (Phi) is 4.79. The molecule has 0 amide bonds. The Morgan fingerprint density at radius 2 is 1.76 bits per heavy atom. The molecule has 1 atom stereocenters.